The third-order valence-corrected chi connectivity index (χ3v) is 8.03. The Balaban J connectivity index is 1.45. The highest BCUT2D eigenvalue weighted by molar-refractivity contribution is 7.19. The van der Waals surface area contributed by atoms with Crippen molar-refractivity contribution in [3.05, 3.63) is 28.8 Å². The fraction of sp³-hybridized carbons (Fsp3) is 0.520. The minimum atomic E-state index is -0.950. The van der Waals surface area contributed by atoms with E-state index < -0.39 is 6.10 Å². The second kappa shape index (κ2) is 10.6. The van der Waals surface area contributed by atoms with Gasteiger partial charge in [0.15, 0.2) is 11.6 Å². The van der Waals surface area contributed by atoms with Gasteiger partial charge in [-0.3, -0.25) is 9.69 Å². The first kappa shape index (κ1) is 24.8. The topological polar surface area (TPSA) is 104 Å². The number of hydrogen-bond donors (Lipinski definition) is 1. The molecule has 1 atom stereocenters. The van der Waals surface area contributed by atoms with Gasteiger partial charge in [0.25, 0.3) is 5.91 Å². The molecule has 3 aromatic heterocycles. The standard InChI is InChI=1S/C25H32N6O4S/c1-16-19(15-29-6-8-31(9-7-29)25(33)17(2)32)36-22-21(16)27-23(18-4-5-20(34-3)26-14-18)28-24(22)30-10-12-35-13-11-30/h4-5,14,17,32H,6-13,15H2,1-3H3. The van der Waals surface area contributed by atoms with Crippen molar-refractivity contribution in [1.29, 1.82) is 0 Å². The van der Waals surface area contributed by atoms with E-state index in [0.29, 0.717) is 38.0 Å². The zero-order valence-corrected chi connectivity index (χ0v) is 21.8. The molecule has 36 heavy (non-hydrogen) atoms. The maximum absolute atomic E-state index is 12.1. The molecule has 2 aliphatic heterocycles. The highest BCUT2D eigenvalue weighted by Gasteiger charge is 2.26. The molecule has 0 saturated carbocycles. The Kier molecular flexibility index (Phi) is 7.33. The van der Waals surface area contributed by atoms with E-state index in [9.17, 15) is 9.90 Å². The zero-order chi connectivity index (χ0) is 25.2. The fourth-order valence-corrected chi connectivity index (χ4v) is 5.92. The van der Waals surface area contributed by atoms with E-state index in [-0.39, 0.29) is 5.91 Å². The normalized spacial score (nSPS) is 18.0. The molecule has 0 radical (unpaired) electrons. The Labute approximate surface area is 214 Å². The first-order valence-electron chi connectivity index (χ1n) is 12.3. The molecule has 1 N–H and O–H groups in total. The fourth-order valence-electron chi connectivity index (χ4n) is 4.62. The van der Waals surface area contributed by atoms with Crippen LogP contribution in [0, 0.1) is 6.92 Å². The monoisotopic (exact) mass is 512 g/mol. The number of thiophene rings is 1. The van der Waals surface area contributed by atoms with E-state index in [0.717, 1.165) is 59.9 Å². The molecule has 3 aromatic rings. The molecule has 1 amide bonds. The smallest absolute Gasteiger partial charge is 0.251 e. The Bertz CT molecular complexity index is 1220. The minimum absolute atomic E-state index is 0.196. The number of ether oxygens (including phenoxy) is 2. The Morgan fingerprint density at radius 1 is 1.17 bits per heavy atom. The number of methoxy groups -OCH3 is 1. The number of aryl methyl sites for hydroxylation is 1. The number of hydrogen-bond acceptors (Lipinski definition) is 10. The van der Waals surface area contributed by atoms with Crippen LogP contribution in [0.5, 0.6) is 5.88 Å². The largest absolute Gasteiger partial charge is 0.481 e. The number of carbonyl (C=O) groups excluding carboxylic acids is 1. The quantitative estimate of drug-likeness (QED) is 0.531. The summed E-state index contributed by atoms with van der Waals surface area (Å²) in [6.07, 6.45) is 0.799. The van der Waals surface area contributed by atoms with Crippen LogP contribution in [0.25, 0.3) is 21.6 Å². The van der Waals surface area contributed by atoms with Crippen molar-refractivity contribution in [1.82, 2.24) is 24.8 Å². The first-order chi connectivity index (χ1) is 17.4. The van der Waals surface area contributed by atoms with Crippen LogP contribution >= 0.6 is 11.3 Å². The van der Waals surface area contributed by atoms with Gasteiger partial charge < -0.3 is 24.4 Å². The molecule has 1 unspecified atom stereocenters. The van der Waals surface area contributed by atoms with Crippen molar-refractivity contribution in [2.45, 2.75) is 26.5 Å². The number of pyridine rings is 1. The molecule has 0 bridgehead atoms. The molecule has 2 fully saturated rings. The predicted molar refractivity (Wildman–Crippen MR) is 139 cm³/mol. The minimum Gasteiger partial charge on any atom is -0.481 e. The maximum Gasteiger partial charge on any atom is 0.251 e. The van der Waals surface area contributed by atoms with Gasteiger partial charge in [-0.1, -0.05) is 0 Å². The van der Waals surface area contributed by atoms with Gasteiger partial charge >= 0.3 is 0 Å². The molecular weight excluding hydrogens is 480 g/mol. The van der Waals surface area contributed by atoms with Crippen LogP contribution in [0.15, 0.2) is 18.3 Å². The number of morpholine rings is 1. The molecule has 0 aliphatic carbocycles. The van der Waals surface area contributed by atoms with Crippen LogP contribution in [0.2, 0.25) is 0 Å². The summed E-state index contributed by atoms with van der Waals surface area (Å²) < 4.78 is 11.9. The summed E-state index contributed by atoms with van der Waals surface area (Å²) in [6, 6.07) is 3.76. The lowest BCUT2D eigenvalue weighted by molar-refractivity contribution is -0.141. The lowest BCUT2D eigenvalue weighted by Crippen LogP contribution is -2.50. The number of amides is 1. The molecule has 5 rings (SSSR count). The lowest BCUT2D eigenvalue weighted by Gasteiger charge is -2.35. The van der Waals surface area contributed by atoms with Crippen molar-refractivity contribution in [3.8, 4) is 17.3 Å². The number of nitrogens with zero attached hydrogens (tertiary/aromatic N) is 6. The van der Waals surface area contributed by atoms with Crippen LogP contribution in [0.4, 0.5) is 5.82 Å². The molecule has 0 aromatic carbocycles. The van der Waals surface area contributed by atoms with Gasteiger partial charge in [0, 0.05) is 68.5 Å². The summed E-state index contributed by atoms with van der Waals surface area (Å²) in [6.45, 7) is 10.2. The number of aliphatic hydroxyl groups excluding tert-OH is 1. The number of fused-ring (bicyclic) bond motifs is 1. The maximum atomic E-state index is 12.1. The van der Waals surface area contributed by atoms with Crippen molar-refractivity contribution < 1.29 is 19.4 Å². The summed E-state index contributed by atoms with van der Waals surface area (Å²) in [4.78, 5) is 34.1. The summed E-state index contributed by atoms with van der Waals surface area (Å²) >= 11 is 1.75. The zero-order valence-electron chi connectivity index (χ0n) is 20.9. The third-order valence-electron chi connectivity index (χ3n) is 6.77. The van der Waals surface area contributed by atoms with Crippen LogP contribution in [-0.2, 0) is 16.1 Å². The SMILES string of the molecule is COc1ccc(-c2nc(N3CCOCC3)c3sc(CN4CCN(C(=O)C(C)O)CC4)c(C)c3n2)cn1. The summed E-state index contributed by atoms with van der Waals surface area (Å²) in [5.41, 5.74) is 2.98. The van der Waals surface area contributed by atoms with Crippen LogP contribution in [0.1, 0.15) is 17.4 Å². The van der Waals surface area contributed by atoms with Crippen molar-refractivity contribution in [2.24, 2.45) is 0 Å². The molecule has 192 valence electrons. The van der Waals surface area contributed by atoms with Gasteiger partial charge in [-0.25, -0.2) is 15.0 Å². The van der Waals surface area contributed by atoms with E-state index in [2.05, 4.69) is 21.7 Å². The van der Waals surface area contributed by atoms with Gasteiger partial charge in [0.2, 0.25) is 5.88 Å². The van der Waals surface area contributed by atoms with E-state index >= 15 is 0 Å². The molecular formula is C25H32N6O4S. The van der Waals surface area contributed by atoms with Crippen molar-refractivity contribution >= 4 is 33.3 Å². The molecule has 5 heterocycles. The van der Waals surface area contributed by atoms with E-state index in [1.807, 2.05) is 12.1 Å². The average molecular weight is 513 g/mol. The number of aromatic nitrogens is 3. The number of rotatable bonds is 6. The molecule has 2 aliphatic rings. The van der Waals surface area contributed by atoms with Crippen LogP contribution < -0.4 is 9.64 Å². The summed E-state index contributed by atoms with van der Waals surface area (Å²) in [5, 5.41) is 9.62. The van der Waals surface area contributed by atoms with Crippen LogP contribution in [0.3, 0.4) is 0 Å². The number of aliphatic hydroxyl groups is 1. The van der Waals surface area contributed by atoms with E-state index in [4.69, 9.17) is 19.4 Å². The number of anilines is 1. The molecule has 11 heteroatoms. The second-order valence-corrected chi connectivity index (χ2v) is 10.3. The lowest BCUT2D eigenvalue weighted by atomic mass is 10.2. The van der Waals surface area contributed by atoms with Crippen molar-refractivity contribution in [2.75, 3.05) is 64.5 Å². The molecule has 2 saturated heterocycles. The third kappa shape index (κ3) is 5.01. The first-order valence-corrected chi connectivity index (χ1v) is 13.1. The van der Waals surface area contributed by atoms with Gasteiger partial charge in [-0.15, -0.1) is 11.3 Å². The molecule has 0 spiro atoms. The summed E-state index contributed by atoms with van der Waals surface area (Å²) in [5.74, 6) is 1.95. The number of carbonyl (C=O) groups is 1. The highest BCUT2D eigenvalue weighted by atomic mass is 32.1. The average Bonchev–Trinajstić information content (AvgIpc) is 3.23. The van der Waals surface area contributed by atoms with Crippen molar-refractivity contribution in [3.63, 3.8) is 0 Å². The summed E-state index contributed by atoms with van der Waals surface area (Å²) in [7, 11) is 1.60. The molecule has 10 nitrogen and oxygen atoms in total. The second-order valence-electron chi connectivity index (χ2n) is 9.16. The van der Waals surface area contributed by atoms with Gasteiger partial charge in [0.05, 0.1) is 30.5 Å². The highest BCUT2D eigenvalue weighted by Crippen LogP contribution is 2.38. The van der Waals surface area contributed by atoms with Gasteiger partial charge in [0.1, 0.15) is 6.10 Å². The van der Waals surface area contributed by atoms with E-state index in [1.54, 1.807) is 29.5 Å². The van der Waals surface area contributed by atoms with Gasteiger partial charge in [-0.05, 0) is 25.5 Å². The van der Waals surface area contributed by atoms with Crippen LogP contribution in [-0.4, -0.2) is 101 Å². The predicted octanol–water partition coefficient (Wildman–Crippen LogP) is 1.93. The van der Waals surface area contributed by atoms with Gasteiger partial charge in [-0.2, -0.15) is 0 Å². The Morgan fingerprint density at radius 2 is 1.92 bits per heavy atom. The number of piperazine rings is 1. The Morgan fingerprint density at radius 3 is 2.56 bits per heavy atom. The Hall–Kier alpha value is -2.86. The van der Waals surface area contributed by atoms with E-state index in [1.165, 1.54) is 11.8 Å².